The monoisotopic (exact) mass is 262 g/mol. The van der Waals surface area contributed by atoms with Gasteiger partial charge in [-0.1, -0.05) is 6.07 Å². The van der Waals surface area contributed by atoms with Crippen molar-refractivity contribution in [2.24, 2.45) is 5.92 Å². The van der Waals surface area contributed by atoms with Crippen molar-refractivity contribution in [2.75, 3.05) is 11.4 Å². The maximum Gasteiger partial charge on any atom is 0.271 e. The van der Waals surface area contributed by atoms with E-state index in [0.29, 0.717) is 18.7 Å². The summed E-state index contributed by atoms with van der Waals surface area (Å²) in [6.45, 7) is 1.89. The molecule has 0 radical (unpaired) electrons. The molecular formula is C13H14N2O4. The summed E-state index contributed by atoms with van der Waals surface area (Å²) in [7, 11) is 0. The number of piperidine rings is 1. The van der Waals surface area contributed by atoms with Crippen LogP contribution in [0.4, 0.5) is 11.4 Å². The molecule has 0 N–H and O–H groups in total. The number of non-ortho nitro benzene ring substituents is 1. The zero-order chi connectivity index (χ0) is 14.0. The van der Waals surface area contributed by atoms with E-state index in [0.717, 1.165) is 6.42 Å². The van der Waals surface area contributed by atoms with Crippen LogP contribution in [-0.4, -0.2) is 23.2 Å². The van der Waals surface area contributed by atoms with Crippen LogP contribution in [0.1, 0.15) is 19.8 Å². The Balaban J connectivity index is 2.30. The van der Waals surface area contributed by atoms with Gasteiger partial charge in [0.2, 0.25) is 5.91 Å². The predicted octanol–water partition coefficient (Wildman–Crippen LogP) is 1.93. The fourth-order valence-electron chi connectivity index (χ4n) is 2.28. The zero-order valence-electron chi connectivity index (χ0n) is 10.5. The molecule has 2 rings (SSSR count). The number of benzene rings is 1. The predicted molar refractivity (Wildman–Crippen MR) is 68.9 cm³/mol. The molecule has 1 amide bonds. The van der Waals surface area contributed by atoms with Gasteiger partial charge in [-0.2, -0.15) is 0 Å². The summed E-state index contributed by atoms with van der Waals surface area (Å²) in [5.41, 5.74) is 0.417. The van der Waals surface area contributed by atoms with Crippen molar-refractivity contribution < 1.29 is 14.5 Å². The lowest BCUT2D eigenvalue weighted by atomic mass is 9.93. The Hall–Kier alpha value is -2.24. The van der Waals surface area contributed by atoms with E-state index in [4.69, 9.17) is 0 Å². The molecule has 6 heteroatoms. The van der Waals surface area contributed by atoms with E-state index in [1.54, 1.807) is 6.07 Å². The number of nitro benzene ring substituents is 1. The molecule has 1 saturated heterocycles. The minimum atomic E-state index is -0.618. The number of ketones is 1. The average molecular weight is 262 g/mol. The summed E-state index contributed by atoms with van der Waals surface area (Å²) in [6.07, 6.45) is 1.28. The topological polar surface area (TPSA) is 80.5 Å². The smallest absolute Gasteiger partial charge is 0.271 e. The third kappa shape index (κ3) is 2.62. The number of nitrogens with zero attached hydrogens (tertiary/aromatic N) is 2. The Morgan fingerprint density at radius 2 is 2.21 bits per heavy atom. The van der Waals surface area contributed by atoms with Crippen molar-refractivity contribution in [2.45, 2.75) is 19.8 Å². The van der Waals surface area contributed by atoms with Gasteiger partial charge in [0.15, 0.2) is 0 Å². The highest BCUT2D eigenvalue weighted by atomic mass is 16.6. The van der Waals surface area contributed by atoms with Gasteiger partial charge in [-0.05, 0) is 25.8 Å². The first-order valence-electron chi connectivity index (χ1n) is 6.07. The number of carbonyl (C=O) groups excluding carboxylic acids is 2. The van der Waals surface area contributed by atoms with Crippen LogP contribution in [0.2, 0.25) is 0 Å². The van der Waals surface area contributed by atoms with Gasteiger partial charge in [-0.3, -0.25) is 19.7 Å². The van der Waals surface area contributed by atoms with Crippen LogP contribution in [0, 0.1) is 16.0 Å². The minimum Gasteiger partial charge on any atom is -0.312 e. The summed E-state index contributed by atoms with van der Waals surface area (Å²) in [5, 5.41) is 10.7. The number of hydrogen-bond acceptors (Lipinski definition) is 4. The molecule has 1 aliphatic heterocycles. The van der Waals surface area contributed by atoms with E-state index in [-0.39, 0.29) is 17.4 Å². The van der Waals surface area contributed by atoms with Crippen LogP contribution in [0.15, 0.2) is 24.3 Å². The average Bonchev–Trinajstić information content (AvgIpc) is 2.38. The van der Waals surface area contributed by atoms with E-state index in [2.05, 4.69) is 0 Å². The molecule has 1 aromatic rings. The second kappa shape index (κ2) is 5.17. The standard InChI is InChI=1S/C13H14N2O4/c1-9(16)12-6-3-7-14(13(12)17)10-4-2-5-11(8-10)15(18)19/h2,4-5,8,12H,3,6-7H2,1H3. The van der Waals surface area contributed by atoms with Crippen molar-refractivity contribution >= 4 is 23.1 Å². The maximum absolute atomic E-state index is 12.2. The van der Waals surface area contributed by atoms with Gasteiger partial charge >= 0.3 is 0 Å². The fraction of sp³-hybridized carbons (Fsp3) is 0.385. The quantitative estimate of drug-likeness (QED) is 0.473. The van der Waals surface area contributed by atoms with Crippen LogP contribution in [0.3, 0.4) is 0 Å². The first kappa shape index (κ1) is 13.2. The van der Waals surface area contributed by atoms with Crippen molar-refractivity contribution in [1.29, 1.82) is 0 Å². The van der Waals surface area contributed by atoms with Crippen molar-refractivity contribution in [1.82, 2.24) is 0 Å². The normalized spacial score (nSPS) is 19.3. The Labute approximate surface area is 110 Å². The van der Waals surface area contributed by atoms with Crippen LogP contribution in [0.5, 0.6) is 0 Å². The highest BCUT2D eigenvalue weighted by molar-refractivity contribution is 6.08. The summed E-state index contributed by atoms with van der Waals surface area (Å²) in [4.78, 5) is 35.3. The van der Waals surface area contributed by atoms with Crippen LogP contribution in [-0.2, 0) is 9.59 Å². The second-order valence-electron chi connectivity index (χ2n) is 4.57. The summed E-state index contributed by atoms with van der Waals surface area (Å²) >= 11 is 0. The van der Waals surface area contributed by atoms with Crippen LogP contribution in [0.25, 0.3) is 0 Å². The maximum atomic E-state index is 12.2. The largest absolute Gasteiger partial charge is 0.312 e. The molecule has 19 heavy (non-hydrogen) atoms. The molecule has 100 valence electrons. The number of amides is 1. The number of nitro groups is 1. The number of carbonyl (C=O) groups is 2. The molecule has 0 saturated carbocycles. The fourth-order valence-corrected chi connectivity index (χ4v) is 2.28. The Kier molecular flexibility index (Phi) is 3.59. The zero-order valence-corrected chi connectivity index (χ0v) is 10.5. The molecule has 1 heterocycles. The van der Waals surface area contributed by atoms with Gasteiger partial charge in [0.25, 0.3) is 5.69 Å². The minimum absolute atomic E-state index is 0.0600. The summed E-state index contributed by atoms with van der Waals surface area (Å²) in [6, 6.07) is 5.92. The Morgan fingerprint density at radius 1 is 1.47 bits per heavy atom. The molecule has 1 unspecified atom stereocenters. The van der Waals surface area contributed by atoms with E-state index in [1.165, 1.54) is 30.0 Å². The molecule has 0 bridgehead atoms. The summed E-state index contributed by atoms with van der Waals surface area (Å²) < 4.78 is 0. The highest BCUT2D eigenvalue weighted by Crippen LogP contribution is 2.27. The molecule has 1 atom stereocenters. The molecule has 1 fully saturated rings. The molecule has 1 aromatic carbocycles. The first-order valence-corrected chi connectivity index (χ1v) is 6.07. The number of hydrogen-bond donors (Lipinski definition) is 0. The lowest BCUT2D eigenvalue weighted by Gasteiger charge is -2.31. The summed E-state index contributed by atoms with van der Waals surface area (Å²) in [5.74, 6) is -1.03. The van der Waals surface area contributed by atoms with Crippen LogP contribution < -0.4 is 4.90 Å². The Bertz CT molecular complexity index is 541. The molecule has 0 aromatic heterocycles. The van der Waals surface area contributed by atoms with Gasteiger partial charge in [0.1, 0.15) is 5.78 Å². The van der Waals surface area contributed by atoms with Crippen molar-refractivity contribution in [3.63, 3.8) is 0 Å². The Morgan fingerprint density at radius 3 is 2.84 bits per heavy atom. The van der Waals surface area contributed by atoms with Gasteiger partial charge in [-0.25, -0.2) is 0 Å². The second-order valence-corrected chi connectivity index (χ2v) is 4.57. The molecule has 0 aliphatic carbocycles. The van der Waals surface area contributed by atoms with Gasteiger partial charge < -0.3 is 4.90 Å². The first-order chi connectivity index (χ1) is 9.00. The number of anilines is 1. The molecule has 0 spiro atoms. The molecular weight excluding hydrogens is 248 g/mol. The highest BCUT2D eigenvalue weighted by Gasteiger charge is 2.32. The van der Waals surface area contributed by atoms with E-state index >= 15 is 0 Å². The third-order valence-corrected chi connectivity index (χ3v) is 3.28. The van der Waals surface area contributed by atoms with E-state index in [9.17, 15) is 19.7 Å². The van der Waals surface area contributed by atoms with Gasteiger partial charge in [-0.15, -0.1) is 0 Å². The van der Waals surface area contributed by atoms with Crippen molar-refractivity contribution in [3.8, 4) is 0 Å². The lowest BCUT2D eigenvalue weighted by molar-refractivity contribution is -0.384. The van der Waals surface area contributed by atoms with E-state index in [1.807, 2.05) is 0 Å². The van der Waals surface area contributed by atoms with Gasteiger partial charge in [0.05, 0.1) is 16.5 Å². The number of Topliss-reactive ketones (excluding diaryl/α,β-unsaturated/α-hetero) is 1. The van der Waals surface area contributed by atoms with Crippen molar-refractivity contribution in [3.05, 3.63) is 34.4 Å². The van der Waals surface area contributed by atoms with E-state index < -0.39 is 10.8 Å². The van der Waals surface area contributed by atoms with Crippen LogP contribution >= 0.6 is 0 Å². The van der Waals surface area contributed by atoms with Gasteiger partial charge in [0, 0.05) is 18.7 Å². The third-order valence-electron chi connectivity index (χ3n) is 3.28. The molecule has 1 aliphatic rings. The molecule has 6 nitrogen and oxygen atoms in total. The lowest BCUT2D eigenvalue weighted by Crippen LogP contribution is -2.43. The number of rotatable bonds is 3. The SMILES string of the molecule is CC(=O)C1CCCN(c2cccc([N+](=O)[O-])c2)C1=O.